The van der Waals surface area contributed by atoms with Crippen LogP contribution in [0, 0.1) is 0 Å². The second kappa shape index (κ2) is 6.27. The summed E-state index contributed by atoms with van der Waals surface area (Å²) in [6.07, 6.45) is -4.49. The second-order valence-corrected chi connectivity index (χ2v) is 3.58. The van der Waals surface area contributed by atoms with Crippen molar-refractivity contribution < 1.29 is 33.6 Å². The molecule has 0 spiro atoms. The Kier molecular flexibility index (Phi) is 5.29. The lowest BCUT2D eigenvalue weighted by Crippen LogP contribution is -2.61. The number of rotatable bonds is 4. The Hall–Kier alpha value is -0.730. The summed E-state index contributed by atoms with van der Waals surface area (Å²) < 4.78 is 25.1. The third-order valence-electron chi connectivity index (χ3n) is 2.73. The van der Waals surface area contributed by atoms with Crippen LogP contribution < -0.4 is 0 Å². The van der Waals surface area contributed by atoms with E-state index in [9.17, 15) is 9.90 Å². The fraction of sp³-hybridized carbons (Fsp3) is 0.900. The van der Waals surface area contributed by atoms with Gasteiger partial charge in [-0.25, -0.2) is 4.79 Å². The predicted octanol–water partition coefficient (Wildman–Crippen LogP) is -1.08. The first-order chi connectivity index (χ1) is 8.10. The van der Waals surface area contributed by atoms with Crippen LogP contribution in [0.1, 0.15) is 0 Å². The normalized spacial score (nSPS) is 37.8. The maximum absolute atomic E-state index is 11.5. The highest BCUT2D eigenvalue weighted by molar-refractivity contribution is 5.75. The monoisotopic (exact) mass is 250 g/mol. The molecule has 1 saturated heterocycles. The molecule has 1 heterocycles. The van der Waals surface area contributed by atoms with Gasteiger partial charge in [0, 0.05) is 21.3 Å². The van der Waals surface area contributed by atoms with Gasteiger partial charge in [-0.2, -0.15) is 0 Å². The molecule has 7 nitrogen and oxygen atoms in total. The van der Waals surface area contributed by atoms with E-state index in [-0.39, 0.29) is 0 Å². The van der Waals surface area contributed by atoms with Crippen molar-refractivity contribution in [3.05, 3.63) is 0 Å². The summed E-state index contributed by atoms with van der Waals surface area (Å²) in [4.78, 5) is 11.5. The van der Waals surface area contributed by atoms with E-state index in [2.05, 4.69) is 4.74 Å². The zero-order valence-electron chi connectivity index (χ0n) is 10.3. The highest BCUT2D eigenvalue weighted by Gasteiger charge is 2.49. The van der Waals surface area contributed by atoms with E-state index >= 15 is 0 Å². The molecular formula is C10H18O7. The van der Waals surface area contributed by atoms with Crippen LogP contribution in [-0.2, 0) is 28.5 Å². The van der Waals surface area contributed by atoms with Crippen molar-refractivity contribution in [2.75, 3.05) is 28.4 Å². The van der Waals surface area contributed by atoms with Gasteiger partial charge in [0.1, 0.15) is 18.3 Å². The molecule has 100 valence electrons. The Morgan fingerprint density at radius 1 is 1.06 bits per heavy atom. The van der Waals surface area contributed by atoms with Gasteiger partial charge in [-0.15, -0.1) is 0 Å². The van der Waals surface area contributed by atoms with Crippen molar-refractivity contribution in [3.8, 4) is 0 Å². The number of esters is 1. The lowest BCUT2D eigenvalue weighted by molar-refractivity contribution is -0.295. The maximum atomic E-state index is 11.5. The summed E-state index contributed by atoms with van der Waals surface area (Å²) in [5.74, 6) is -0.604. The Morgan fingerprint density at radius 3 is 2.06 bits per heavy atom. The van der Waals surface area contributed by atoms with Crippen molar-refractivity contribution in [2.24, 2.45) is 0 Å². The Labute approximate surface area is 99.5 Å². The van der Waals surface area contributed by atoms with E-state index < -0.39 is 36.7 Å². The molecule has 5 unspecified atom stereocenters. The summed E-state index contributed by atoms with van der Waals surface area (Å²) in [5.41, 5.74) is 0. The summed E-state index contributed by atoms with van der Waals surface area (Å²) in [5, 5.41) is 9.90. The van der Waals surface area contributed by atoms with Gasteiger partial charge >= 0.3 is 5.97 Å². The summed E-state index contributed by atoms with van der Waals surface area (Å²) in [6, 6.07) is 0. The molecule has 0 aliphatic carbocycles. The molecule has 0 amide bonds. The van der Waals surface area contributed by atoms with Gasteiger partial charge < -0.3 is 28.8 Å². The number of aliphatic hydroxyl groups excluding tert-OH is 1. The van der Waals surface area contributed by atoms with Crippen molar-refractivity contribution >= 4 is 5.97 Å². The fourth-order valence-electron chi connectivity index (χ4n) is 1.86. The van der Waals surface area contributed by atoms with Crippen LogP contribution in [0.15, 0.2) is 0 Å². The van der Waals surface area contributed by atoms with Gasteiger partial charge in [0.25, 0.3) is 0 Å². The van der Waals surface area contributed by atoms with Crippen molar-refractivity contribution in [1.29, 1.82) is 0 Å². The topological polar surface area (TPSA) is 83.5 Å². The van der Waals surface area contributed by atoms with Crippen LogP contribution in [0.25, 0.3) is 0 Å². The number of carbonyl (C=O) groups is 1. The van der Waals surface area contributed by atoms with E-state index in [1.807, 2.05) is 0 Å². The standard InChI is InChI=1S/C10H18O7/c1-13-6-5(11)10(16-4)17-8(7(6)14-2)9(12)15-3/h5-8,10-11H,1-4H3. The molecule has 0 aromatic heterocycles. The SMILES string of the molecule is COC(=O)C1OC(OC)C(O)C(OC)C1OC. The molecule has 1 fully saturated rings. The van der Waals surface area contributed by atoms with Crippen molar-refractivity contribution in [1.82, 2.24) is 0 Å². The molecule has 0 bridgehead atoms. The molecular weight excluding hydrogens is 232 g/mol. The highest BCUT2D eigenvalue weighted by atomic mass is 16.7. The number of ether oxygens (including phenoxy) is 5. The molecule has 17 heavy (non-hydrogen) atoms. The third-order valence-corrected chi connectivity index (χ3v) is 2.73. The minimum atomic E-state index is -1.05. The Morgan fingerprint density at radius 2 is 1.65 bits per heavy atom. The highest BCUT2D eigenvalue weighted by Crippen LogP contribution is 2.26. The van der Waals surface area contributed by atoms with Crippen LogP contribution in [-0.4, -0.2) is 70.2 Å². The van der Waals surface area contributed by atoms with E-state index in [1.165, 1.54) is 28.4 Å². The van der Waals surface area contributed by atoms with Crippen molar-refractivity contribution in [3.63, 3.8) is 0 Å². The first kappa shape index (κ1) is 14.3. The number of aliphatic hydroxyl groups is 1. The van der Waals surface area contributed by atoms with E-state index in [0.717, 1.165) is 0 Å². The summed E-state index contributed by atoms with van der Waals surface area (Å²) in [7, 11) is 5.41. The first-order valence-corrected chi connectivity index (χ1v) is 5.10. The van der Waals surface area contributed by atoms with E-state index in [0.29, 0.717) is 0 Å². The van der Waals surface area contributed by atoms with Gasteiger partial charge in [0.05, 0.1) is 7.11 Å². The number of carbonyl (C=O) groups excluding carboxylic acids is 1. The maximum Gasteiger partial charge on any atom is 0.337 e. The molecule has 0 saturated carbocycles. The molecule has 1 aliphatic rings. The molecule has 0 aromatic rings. The molecule has 1 rings (SSSR count). The minimum absolute atomic E-state index is 0.604. The van der Waals surface area contributed by atoms with Gasteiger partial charge in [0.2, 0.25) is 0 Å². The van der Waals surface area contributed by atoms with Gasteiger partial charge in [0.15, 0.2) is 12.4 Å². The van der Waals surface area contributed by atoms with Crippen LogP contribution in [0.3, 0.4) is 0 Å². The lowest BCUT2D eigenvalue weighted by atomic mass is 9.98. The largest absolute Gasteiger partial charge is 0.467 e. The quantitative estimate of drug-likeness (QED) is 0.635. The van der Waals surface area contributed by atoms with Crippen molar-refractivity contribution in [2.45, 2.75) is 30.7 Å². The number of hydrogen-bond donors (Lipinski definition) is 1. The minimum Gasteiger partial charge on any atom is -0.467 e. The smallest absolute Gasteiger partial charge is 0.337 e. The molecule has 1 N–H and O–H groups in total. The average Bonchev–Trinajstić information content (AvgIpc) is 2.36. The van der Waals surface area contributed by atoms with Crippen LogP contribution in [0.5, 0.6) is 0 Å². The number of methoxy groups -OCH3 is 4. The zero-order valence-corrected chi connectivity index (χ0v) is 10.3. The molecule has 5 atom stereocenters. The summed E-state index contributed by atoms with van der Waals surface area (Å²) in [6.45, 7) is 0. The predicted molar refractivity (Wildman–Crippen MR) is 55.3 cm³/mol. The summed E-state index contributed by atoms with van der Waals surface area (Å²) >= 11 is 0. The van der Waals surface area contributed by atoms with Gasteiger partial charge in [-0.3, -0.25) is 0 Å². The van der Waals surface area contributed by atoms with Crippen LogP contribution in [0.4, 0.5) is 0 Å². The zero-order chi connectivity index (χ0) is 13.0. The first-order valence-electron chi connectivity index (χ1n) is 5.10. The lowest BCUT2D eigenvalue weighted by Gasteiger charge is -2.41. The van der Waals surface area contributed by atoms with Crippen LogP contribution >= 0.6 is 0 Å². The average molecular weight is 250 g/mol. The molecule has 1 aliphatic heterocycles. The fourth-order valence-corrected chi connectivity index (χ4v) is 1.86. The molecule has 7 heteroatoms. The van der Waals surface area contributed by atoms with E-state index in [4.69, 9.17) is 18.9 Å². The van der Waals surface area contributed by atoms with Crippen LogP contribution in [0.2, 0.25) is 0 Å². The van der Waals surface area contributed by atoms with Gasteiger partial charge in [-0.05, 0) is 0 Å². The van der Waals surface area contributed by atoms with E-state index in [1.54, 1.807) is 0 Å². The molecule has 0 aromatic carbocycles. The Bertz CT molecular complexity index is 257. The Balaban J connectivity index is 2.92. The van der Waals surface area contributed by atoms with Gasteiger partial charge in [-0.1, -0.05) is 0 Å². The second-order valence-electron chi connectivity index (χ2n) is 3.58. The third kappa shape index (κ3) is 2.75. The number of hydrogen-bond acceptors (Lipinski definition) is 7. The molecule has 0 radical (unpaired) electrons.